The van der Waals surface area contributed by atoms with Gasteiger partial charge in [0.2, 0.25) is 5.88 Å². The number of carbonyl (C=O) groups is 1. The molecule has 0 saturated heterocycles. The van der Waals surface area contributed by atoms with Crippen molar-refractivity contribution in [1.82, 2.24) is 14.6 Å². The molecule has 21 heavy (non-hydrogen) atoms. The molecule has 0 bridgehead atoms. The largest absolute Gasteiger partial charge is 0.493 e. The van der Waals surface area contributed by atoms with Gasteiger partial charge in [-0.3, -0.25) is 4.79 Å². The third kappa shape index (κ3) is 2.14. The van der Waals surface area contributed by atoms with Gasteiger partial charge < -0.3 is 15.2 Å². The number of rotatable bonds is 3. The standard InChI is InChI=1S/C14H11N3O4/c18-12-9(6-8-4-2-1-3-5-8)13(19)17-11(16-12)10(7-15-17)14(20)21/h1-5,7,19H,6H2,(H,16,18)(H,20,21). The molecule has 0 atom stereocenters. The van der Waals surface area contributed by atoms with Crippen molar-refractivity contribution in [3.05, 3.63) is 63.6 Å². The summed E-state index contributed by atoms with van der Waals surface area (Å²) in [6.45, 7) is 0. The second-order valence-electron chi connectivity index (χ2n) is 4.54. The maximum atomic E-state index is 12.1. The number of nitrogens with zero attached hydrogens (tertiary/aromatic N) is 2. The first-order valence-electron chi connectivity index (χ1n) is 6.17. The van der Waals surface area contributed by atoms with E-state index < -0.39 is 11.5 Å². The monoisotopic (exact) mass is 285 g/mol. The van der Waals surface area contributed by atoms with Gasteiger partial charge in [-0.1, -0.05) is 30.3 Å². The van der Waals surface area contributed by atoms with Crippen LogP contribution >= 0.6 is 0 Å². The highest BCUT2D eigenvalue weighted by molar-refractivity contribution is 5.94. The molecule has 2 heterocycles. The van der Waals surface area contributed by atoms with Crippen LogP contribution in [0.1, 0.15) is 21.5 Å². The van der Waals surface area contributed by atoms with E-state index in [2.05, 4.69) is 10.1 Å². The molecule has 0 radical (unpaired) electrons. The van der Waals surface area contributed by atoms with Gasteiger partial charge in [0.1, 0.15) is 5.56 Å². The number of fused-ring (bicyclic) bond motifs is 1. The number of H-pyrrole nitrogens is 1. The van der Waals surface area contributed by atoms with E-state index in [-0.39, 0.29) is 29.1 Å². The second kappa shape index (κ2) is 4.78. The number of benzene rings is 1. The van der Waals surface area contributed by atoms with E-state index in [0.717, 1.165) is 16.3 Å². The zero-order chi connectivity index (χ0) is 15.0. The number of aromatic hydroxyl groups is 1. The lowest BCUT2D eigenvalue weighted by Gasteiger charge is -2.06. The van der Waals surface area contributed by atoms with Crippen molar-refractivity contribution in [3.63, 3.8) is 0 Å². The van der Waals surface area contributed by atoms with E-state index in [4.69, 9.17) is 5.11 Å². The fourth-order valence-electron chi connectivity index (χ4n) is 2.16. The van der Waals surface area contributed by atoms with Crippen molar-refractivity contribution in [2.75, 3.05) is 0 Å². The van der Waals surface area contributed by atoms with Gasteiger partial charge in [-0.05, 0) is 5.56 Å². The predicted molar refractivity (Wildman–Crippen MR) is 73.7 cm³/mol. The third-order valence-electron chi connectivity index (χ3n) is 3.20. The first-order valence-corrected chi connectivity index (χ1v) is 6.17. The van der Waals surface area contributed by atoms with Crippen molar-refractivity contribution in [1.29, 1.82) is 0 Å². The summed E-state index contributed by atoms with van der Waals surface area (Å²) in [6.07, 6.45) is 1.31. The first-order chi connectivity index (χ1) is 10.1. The van der Waals surface area contributed by atoms with Gasteiger partial charge in [0.05, 0.1) is 11.8 Å². The van der Waals surface area contributed by atoms with Crippen molar-refractivity contribution in [2.45, 2.75) is 6.42 Å². The molecule has 3 rings (SSSR count). The number of aromatic nitrogens is 3. The number of aromatic amines is 1. The van der Waals surface area contributed by atoms with E-state index in [9.17, 15) is 14.7 Å². The van der Waals surface area contributed by atoms with Crippen LogP contribution in [0.25, 0.3) is 5.65 Å². The summed E-state index contributed by atoms with van der Waals surface area (Å²) in [4.78, 5) is 25.6. The van der Waals surface area contributed by atoms with E-state index in [1.807, 2.05) is 30.3 Å². The lowest BCUT2D eigenvalue weighted by molar-refractivity contribution is 0.0698. The molecule has 3 aromatic rings. The zero-order valence-corrected chi connectivity index (χ0v) is 10.8. The summed E-state index contributed by atoms with van der Waals surface area (Å²) in [7, 11) is 0. The summed E-state index contributed by atoms with van der Waals surface area (Å²) >= 11 is 0. The van der Waals surface area contributed by atoms with Gasteiger partial charge in [-0.15, -0.1) is 0 Å². The van der Waals surface area contributed by atoms with Crippen LogP contribution in [-0.2, 0) is 6.42 Å². The maximum Gasteiger partial charge on any atom is 0.341 e. The number of carboxylic acid groups (broad SMARTS) is 1. The summed E-state index contributed by atoms with van der Waals surface area (Å²) in [6, 6.07) is 9.16. The van der Waals surface area contributed by atoms with Crippen LogP contribution in [0.3, 0.4) is 0 Å². The van der Waals surface area contributed by atoms with Gasteiger partial charge >= 0.3 is 5.97 Å². The Morgan fingerprint density at radius 3 is 2.67 bits per heavy atom. The topological polar surface area (TPSA) is 108 Å². The molecule has 0 amide bonds. The summed E-state index contributed by atoms with van der Waals surface area (Å²) in [5.41, 5.74) is 0.235. The SMILES string of the molecule is O=C(O)c1cnn2c(O)c(Cc3ccccc3)c(=O)[nH]c12. The molecule has 3 N–H and O–H groups in total. The molecule has 0 spiro atoms. The predicted octanol–water partition coefficient (Wildman–Crippen LogP) is 1.02. The smallest absolute Gasteiger partial charge is 0.341 e. The third-order valence-corrected chi connectivity index (χ3v) is 3.20. The summed E-state index contributed by atoms with van der Waals surface area (Å²) in [5.74, 6) is -1.58. The van der Waals surface area contributed by atoms with Gasteiger partial charge in [-0.2, -0.15) is 9.61 Å². The van der Waals surface area contributed by atoms with E-state index in [1.54, 1.807) is 0 Å². The highest BCUT2D eigenvalue weighted by Crippen LogP contribution is 2.19. The summed E-state index contributed by atoms with van der Waals surface area (Å²) < 4.78 is 1.02. The molecule has 0 aliphatic carbocycles. The molecule has 1 aromatic carbocycles. The number of carboxylic acids is 1. The molecule has 106 valence electrons. The van der Waals surface area contributed by atoms with Crippen LogP contribution in [0.15, 0.2) is 41.3 Å². The molecule has 0 aliphatic rings. The quantitative estimate of drug-likeness (QED) is 0.665. The molecule has 0 fully saturated rings. The normalized spacial score (nSPS) is 10.9. The maximum absolute atomic E-state index is 12.1. The second-order valence-corrected chi connectivity index (χ2v) is 4.54. The van der Waals surface area contributed by atoms with Crippen LogP contribution in [0, 0.1) is 0 Å². The van der Waals surface area contributed by atoms with Crippen LogP contribution in [0.2, 0.25) is 0 Å². The van der Waals surface area contributed by atoms with Gasteiger partial charge in [0.15, 0.2) is 5.65 Å². The fraction of sp³-hybridized carbons (Fsp3) is 0.0714. The molecule has 7 heteroatoms. The molecular formula is C14H11N3O4. The minimum atomic E-state index is -1.23. The van der Waals surface area contributed by atoms with Gasteiger partial charge in [0.25, 0.3) is 5.56 Å². The lowest BCUT2D eigenvalue weighted by Crippen LogP contribution is -2.17. The Hall–Kier alpha value is -3.09. The Bertz CT molecular complexity index is 880. The molecule has 2 aromatic heterocycles. The Kier molecular flexibility index (Phi) is 2.94. The highest BCUT2D eigenvalue weighted by Gasteiger charge is 2.18. The molecule has 0 unspecified atom stereocenters. The van der Waals surface area contributed by atoms with Gasteiger partial charge in [0, 0.05) is 6.42 Å². The Morgan fingerprint density at radius 1 is 1.29 bits per heavy atom. The number of hydrogen-bond donors (Lipinski definition) is 3. The first kappa shape index (κ1) is 12.9. The average molecular weight is 285 g/mol. The zero-order valence-electron chi connectivity index (χ0n) is 10.8. The lowest BCUT2D eigenvalue weighted by atomic mass is 10.1. The Morgan fingerprint density at radius 2 is 2.00 bits per heavy atom. The van der Waals surface area contributed by atoms with Crippen molar-refractivity contribution < 1.29 is 15.0 Å². The van der Waals surface area contributed by atoms with Crippen LogP contribution in [-0.4, -0.2) is 30.8 Å². The minimum absolute atomic E-state index is 0.0400. The Balaban J connectivity index is 2.17. The number of aromatic carboxylic acids is 1. The fourth-order valence-corrected chi connectivity index (χ4v) is 2.16. The van der Waals surface area contributed by atoms with Crippen molar-refractivity contribution in [3.8, 4) is 5.88 Å². The number of nitrogens with one attached hydrogen (secondary N) is 1. The molecular weight excluding hydrogens is 274 g/mol. The minimum Gasteiger partial charge on any atom is -0.493 e. The summed E-state index contributed by atoms with van der Waals surface area (Å²) in [5, 5.41) is 23.0. The van der Waals surface area contributed by atoms with Gasteiger partial charge in [-0.25, -0.2) is 4.79 Å². The van der Waals surface area contributed by atoms with Crippen LogP contribution in [0.5, 0.6) is 5.88 Å². The van der Waals surface area contributed by atoms with E-state index in [0.29, 0.717) is 0 Å². The van der Waals surface area contributed by atoms with Crippen molar-refractivity contribution >= 4 is 11.6 Å². The van der Waals surface area contributed by atoms with E-state index in [1.165, 1.54) is 0 Å². The number of hydrogen-bond acceptors (Lipinski definition) is 4. The molecule has 7 nitrogen and oxygen atoms in total. The highest BCUT2D eigenvalue weighted by atomic mass is 16.4. The molecule has 0 saturated carbocycles. The van der Waals surface area contributed by atoms with Crippen LogP contribution < -0.4 is 5.56 Å². The van der Waals surface area contributed by atoms with E-state index >= 15 is 0 Å². The molecule has 0 aliphatic heterocycles. The van der Waals surface area contributed by atoms with Crippen molar-refractivity contribution in [2.24, 2.45) is 0 Å². The van der Waals surface area contributed by atoms with Crippen LogP contribution in [0.4, 0.5) is 0 Å². The average Bonchev–Trinajstić information content (AvgIpc) is 2.88. The Labute approximate surface area is 118 Å².